The van der Waals surface area contributed by atoms with Crippen molar-refractivity contribution in [3.05, 3.63) is 189 Å². The Morgan fingerprint density at radius 1 is 0.685 bits per heavy atom. The molecule has 0 amide bonds. The van der Waals surface area contributed by atoms with E-state index in [0.717, 1.165) is 36.7 Å². The monoisotopic (exact) mass is 908 g/mol. The predicted molar refractivity (Wildman–Crippen MR) is 222 cm³/mol. The molecule has 0 atom stereocenters. The van der Waals surface area contributed by atoms with Crippen molar-refractivity contribution in [2.75, 3.05) is 0 Å². The molecule has 270 valence electrons. The minimum absolute atomic E-state index is 0. The van der Waals surface area contributed by atoms with E-state index in [2.05, 4.69) is 157 Å². The molecule has 0 spiro atoms. The van der Waals surface area contributed by atoms with Crippen LogP contribution in [0.25, 0.3) is 44.3 Å². The zero-order valence-electron chi connectivity index (χ0n) is 32.0. The van der Waals surface area contributed by atoms with Crippen LogP contribution in [0.2, 0.25) is 0 Å². The number of hydrogen-bond donors (Lipinski definition) is 0. The number of benzene rings is 5. The first-order valence-electron chi connectivity index (χ1n) is 18.6. The third kappa shape index (κ3) is 7.16. The summed E-state index contributed by atoms with van der Waals surface area (Å²) in [5.41, 5.74) is 15.5. The Bertz CT molecular complexity index is 2520. The summed E-state index contributed by atoms with van der Waals surface area (Å²) < 4.78 is 1.47. The van der Waals surface area contributed by atoms with Gasteiger partial charge in [-0.15, -0.1) is 5.56 Å². The topological polar surface area (TPSA) is 0 Å². The molecule has 0 radical (unpaired) electrons. The van der Waals surface area contributed by atoms with Crippen molar-refractivity contribution in [3.8, 4) is 0 Å². The summed E-state index contributed by atoms with van der Waals surface area (Å²) >= 11 is 1.02. The number of rotatable bonds is 2. The second-order valence-corrected chi connectivity index (χ2v) is 17.8. The molecule has 3 heteroatoms. The van der Waals surface area contributed by atoms with E-state index in [1.165, 1.54) is 63.1 Å². The fraction of sp³-hybridized carbons (Fsp3) is 0.196. The van der Waals surface area contributed by atoms with Crippen LogP contribution in [0.5, 0.6) is 0 Å². The van der Waals surface area contributed by atoms with Gasteiger partial charge in [-0.3, -0.25) is 0 Å². The molecule has 4 aliphatic rings. The fourth-order valence-corrected chi connectivity index (χ4v) is 10.6. The number of halogens is 2. The maximum Gasteiger partial charge on any atom is -0.172 e. The molecule has 0 nitrogen and oxygen atoms in total. The second-order valence-electron chi connectivity index (χ2n) is 16.0. The van der Waals surface area contributed by atoms with Crippen molar-refractivity contribution in [1.29, 1.82) is 0 Å². The SMILES string of the molecule is CC1=CC=c2c1c1c(c3c2=C(C)[CH-]C3(C)C)CC2=C1CC(C)(C)C=C2.[Cl-].[Cl-].[Hf+2]=[C](c1cccc2ccccc12)c1cccc2ccccc12.c1cc[cH-]c1. The van der Waals surface area contributed by atoms with E-state index in [0.29, 0.717) is 0 Å². The number of allylic oxidation sites excluding steroid dienone is 6. The van der Waals surface area contributed by atoms with Gasteiger partial charge in [-0.1, -0.05) is 75.1 Å². The average molecular weight is 908 g/mol. The van der Waals surface area contributed by atoms with E-state index < -0.39 is 0 Å². The Morgan fingerprint density at radius 3 is 1.83 bits per heavy atom. The largest absolute Gasteiger partial charge is 0.214 e. The van der Waals surface area contributed by atoms with Gasteiger partial charge in [-0.2, -0.15) is 23.4 Å². The molecular weight excluding hydrogens is 862 g/mol. The summed E-state index contributed by atoms with van der Waals surface area (Å²) in [6.45, 7) is 14.1. The Hall–Kier alpha value is -3.88. The maximum absolute atomic E-state index is 2.48. The van der Waals surface area contributed by atoms with E-state index >= 15 is 0 Å². The molecule has 0 heterocycles. The zero-order chi connectivity index (χ0) is 36.2. The first-order valence-corrected chi connectivity index (χ1v) is 20.4. The first-order chi connectivity index (χ1) is 25.0. The molecule has 4 aliphatic carbocycles. The molecule has 0 aromatic heterocycles. The third-order valence-corrected chi connectivity index (χ3v) is 13.2. The Labute approximate surface area is 348 Å². The predicted octanol–water partition coefficient (Wildman–Crippen LogP) is 5.37. The summed E-state index contributed by atoms with van der Waals surface area (Å²) in [6, 6.07) is 40.5. The van der Waals surface area contributed by atoms with Crippen LogP contribution in [0, 0.1) is 11.8 Å². The number of hydrogen-bond acceptors (Lipinski definition) is 0. The fourth-order valence-electron chi connectivity index (χ4n) is 9.02. The van der Waals surface area contributed by atoms with Gasteiger partial charge in [0, 0.05) is 0 Å². The standard InChI is InChI=1S/C25H27.C21H14.C5H5.2ClH.Hf/c1-14-7-8-17-20(14)22-18(23-21(17)15(2)12-25(23,5)6)11-16-9-10-24(3,4)13-19(16)22;1-3-13-20-16(7-1)9-5-11-18(20)15-19-12-6-10-17-8-2-4-14-21(17)19;1-2-4-5-3-1;;;/h7-10,12H,11,13H2,1-6H3;1-14H;1-5H;2*1H;/q-1;;-1;;;+2/p-2. The third-order valence-electron chi connectivity index (χ3n) is 11.3. The molecule has 0 saturated heterocycles. The Kier molecular flexibility index (Phi) is 11.6. The summed E-state index contributed by atoms with van der Waals surface area (Å²) in [4.78, 5) is 0. The van der Waals surface area contributed by atoms with Gasteiger partial charge in [0.05, 0.1) is 0 Å². The molecule has 0 aliphatic heterocycles. The Morgan fingerprint density at radius 2 is 1.26 bits per heavy atom. The van der Waals surface area contributed by atoms with Crippen LogP contribution in [-0.4, -0.2) is 3.26 Å². The molecule has 0 N–H and O–H groups in total. The molecule has 0 unspecified atom stereocenters. The summed E-state index contributed by atoms with van der Waals surface area (Å²) in [7, 11) is 0. The van der Waals surface area contributed by atoms with Gasteiger partial charge in [0.2, 0.25) is 0 Å². The van der Waals surface area contributed by atoms with Crippen molar-refractivity contribution < 1.29 is 48.7 Å². The second kappa shape index (κ2) is 15.7. The van der Waals surface area contributed by atoms with Crippen LogP contribution in [-0.2, 0) is 35.7 Å². The van der Waals surface area contributed by atoms with E-state index in [-0.39, 0.29) is 35.6 Å². The van der Waals surface area contributed by atoms with Gasteiger partial charge < -0.3 is 24.8 Å². The van der Waals surface area contributed by atoms with Gasteiger partial charge in [0.1, 0.15) is 0 Å². The van der Waals surface area contributed by atoms with Crippen LogP contribution < -0.4 is 35.3 Å². The minimum atomic E-state index is 0. The molecule has 0 saturated carbocycles. The van der Waals surface area contributed by atoms with Crippen LogP contribution in [0.1, 0.15) is 81.3 Å². The van der Waals surface area contributed by atoms with Gasteiger partial charge in [0.25, 0.3) is 0 Å². The maximum atomic E-state index is 2.48. The van der Waals surface area contributed by atoms with Gasteiger partial charge in [0.15, 0.2) is 0 Å². The quantitative estimate of drug-likeness (QED) is 0.162. The number of fused-ring (bicyclic) bond motifs is 9. The molecule has 6 aromatic rings. The van der Waals surface area contributed by atoms with Crippen molar-refractivity contribution in [3.63, 3.8) is 0 Å². The molecule has 54 heavy (non-hydrogen) atoms. The normalized spacial score (nSPS) is 16.1. The smallest absolute Gasteiger partial charge is 0.172 e. The molecule has 6 aromatic carbocycles. The van der Waals surface area contributed by atoms with Crippen LogP contribution in [0.3, 0.4) is 0 Å². The van der Waals surface area contributed by atoms with Crippen molar-refractivity contribution in [2.45, 2.75) is 59.8 Å². The van der Waals surface area contributed by atoms with Crippen molar-refractivity contribution in [2.24, 2.45) is 5.41 Å². The van der Waals surface area contributed by atoms with E-state index in [1.807, 2.05) is 30.3 Å². The average Bonchev–Trinajstić information content (AvgIpc) is 3.95. The van der Waals surface area contributed by atoms with E-state index in [4.69, 9.17) is 0 Å². The van der Waals surface area contributed by atoms with Crippen LogP contribution in [0.4, 0.5) is 0 Å². The zero-order valence-corrected chi connectivity index (χ0v) is 37.1. The van der Waals surface area contributed by atoms with Crippen molar-refractivity contribution >= 4 is 47.6 Å². The van der Waals surface area contributed by atoms with Crippen LogP contribution in [0.15, 0.2) is 139 Å². The molecule has 0 fully saturated rings. The Balaban J connectivity index is 0.000000159. The minimum Gasteiger partial charge on any atom is -0.214 e. The van der Waals surface area contributed by atoms with Gasteiger partial charge in [-0.25, -0.2) is 24.1 Å². The van der Waals surface area contributed by atoms with Gasteiger partial charge >= 0.3 is 145 Å². The first kappa shape index (κ1) is 39.8. The van der Waals surface area contributed by atoms with E-state index in [1.54, 1.807) is 27.8 Å². The molecular formula is C51H46Cl2Hf-2. The molecule has 0 bridgehead atoms. The van der Waals surface area contributed by atoms with E-state index in [9.17, 15) is 0 Å². The van der Waals surface area contributed by atoms with Crippen LogP contribution >= 0.6 is 0 Å². The summed E-state index contributed by atoms with van der Waals surface area (Å²) in [6.07, 6.45) is 14.3. The summed E-state index contributed by atoms with van der Waals surface area (Å²) in [5.74, 6) is 0. The van der Waals surface area contributed by atoms with Gasteiger partial charge in [-0.05, 0) is 53.0 Å². The van der Waals surface area contributed by atoms with Crippen molar-refractivity contribution in [1.82, 2.24) is 0 Å². The molecule has 10 rings (SSSR count). The summed E-state index contributed by atoms with van der Waals surface area (Å²) in [5, 5.41) is 8.33.